The van der Waals surface area contributed by atoms with E-state index in [0.717, 1.165) is 47.3 Å². The third-order valence-electron chi connectivity index (χ3n) is 4.83. The Morgan fingerprint density at radius 2 is 1.61 bits per heavy atom. The van der Waals surface area contributed by atoms with Gasteiger partial charge in [0.15, 0.2) is 0 Å². The highest BCUT2D eigenvalue weighted by atomic mass is 32.3. The molecule has 0 unspecified atom stereocenters. The average molecular weight is 444 g/mol. The fourth-order valence-electron chi connectivity index (χ4n) is 3.05. The maximum atomic E-state index is 12.9. The number of para-hydroxylation sites is 2. The monoisotopic (exact) mass is 443 g/mol. The summed E-state index contributed by atoms with van der Waals surface area (Å²) in [6, 6.07) is 9.96. The first kappa shape index (κ1) is 21.1. The standard InChI is InChI=1S/C18H25N3O4S3/c1-14-10-12-21(13-11-14)16-7-5-4-6-15(16)19-27(22,23)17-8-9-18(26-17)28(24,25)20(2)3/h4-9,14,19H,10-13H2,1-3H3. The summed E-state index contributed by atoms with van der Waals surface area (Å²) in [4.78, 5) is 2.19. The Labute approximate surface area is 171 Å². The van der Waals surface area contributed by atoms with E-state index in [4.69, 9.17) is 0 Å². The molecule has 0 saturated carbocycles. The van der Waals surface area contributed by atoms with E-state index in [-0.39, 0.29) is 8.42 Å². The molecule has 1 aromatic heterocycles. The second kappa shape index (κ2) is 8.02. The van der Waals surface area contributed by atoms with E-state index < -0.39 is 20.0 Å². The molecule has 2 aromatic rings. The van der Waals surface area contributed by atoms with Gasteiger partial charge in [-0.25, -0.2) is 21.1 Å². The zero-order valence-electron chi connectivity index (χ0n) is 16.1. The molecule has 1 aromatic carbocycles. The summed E-state index contributed by atoms with van der Waals surface area (Å²) in [5.74, 6) is 0.670. The number of thiophene rings is 1. The molecule has 0 aliphatic carbocycles. The third-order valence-corrected chi connectivity index (χ3v) is 10.1. The topological polar surface area (TPSA) is 86.8 Å². The Balaban J connectivity index is 1.87. The number of hydrogen-bond acceptors (Lipinski definition) is 6. The van der Waals surface area contributed by atoms with Gasteiger partial charge in [-0.1, -0.05) is 19.1 Å². The van der Waals surface area contributed by atoms with Gasteiger partial charge in [-0.3, -0.25) is 4.72 Å². The summed E-state index contributed by atoms with van der Waals surface area (Å²) in [5.41, 5.74) is 1.35. The van der Waals surface area contributed by atoms with Gasteiger partial charge >= 0.3 is 0 Å². The van der Waals surface area contributed by atoms with Crippen molar-refractivity contribution < 1.29 is 16.8 Å². The van der Waals surface area contributed by atoms with E-state index in [2.05, 4.69) is 16.5 Å². The lowest BCUT2D eigenvalue weighted by molar-refractivity contribution is 0.438. The molecule has 0 atom stereocenters. The fourth-order valence-corrected chi connectivity index (χ4v) is 7.06. The van der Waals surface area contributed by atoms with E-state index in [0.29, 0.717) is 11.6 Å². The molecule has 7 nitrogen and oxygen atoms in total. The van der Waals surface area contributed by atoms with Crippen LogP contribution in [0.1, 0.15) is 19.8 Å². The quantitative estimate of drug-likeness (QED) is 0.742. The first-order valence-electron chi connectivity index (χ1n) is 9.00. The van der Waals surface area contributed by atoms with Gasteiger partial charge in [-0.05, 0) is 43.0 Å². The van der Waals surface area contributed by atoms with Crippen molar-refractivity contribution in [2.24, 2.45) is 5.92 Å². The molecule has 10 heteroatoms. The number of sulfonamides is 2. The number of piperidine rings is 1. The molecule has 3 rings (SSSR count). The van der Waals surface area contributed by atoms with Crippen LogP contribution >= 0.6 is 11.3 Å². The van der Waals surface area contributed by atoms with Crippen molar-refractivity contribution in [1.82, 2.24) is 4.31 Å². The van der Waals surface area contributed by atoms with Crippen LogP contribution in [0.25, 0.3) is 0 Å². The smallest absolute Gasteiger partial charge is 0.271 e. The highest BCUT2D eigenvalue weighted by Crippen LogP contribution is 2.33. The van der Waals surface area contributed by atoms with Gasteiger partial charge in [-0.15, -0.1) is 11.3 Å². The van der Waals surface area contributed by atoms with Gasteiger partial charge in [0, 0.05) is 27.2 Å². The van der Waals surface area contributed by atoms with Crippen molar-refractivity contribution in [2.45, 2.75) is 28.2 Å². The Kier molecular flexibility index (Phi) is 6.04. The van der Waals surface area contributed by atoms with Crippen LogP contribution in [0.3, 0.4) is 0 Å². The molecule has 1 fully saturated rings. The maximum Gasteiger partial charge on any atom is 0.271 e. The van der Waals surface area contributed by atoms with Crippen molar-refractivity contribution in [2.75, 3.05) is 36.8 Å². The minimum atomic E-state index is -3.89. The first-order valence-corrected chi connectivity index (χ1v) is 12.7. The van der Waals surface area contributed by atoms with E-state index >= 15 is 0 Å². The van der Waals surface area contributed by atoms with Crippen LogP contribution in [0.5, 0.6) is 0 Å². The predicted octanol–water partition coefficient (Wildman–Crippen LogP) is 3.04. The highest BCUT2D eigenvalue weighted by Gasteiger charge is 2.26. The number of anilines is 2. The molecule has 1 aliphatic rings. The van der Waals surface area contributed by atoms with Crippen LogP contribution in [0.15, 0.2) is 44.8 Å². The van der Waals surface area contributed by atoms with Crippen LogP contribution in [-0.2, 0) is 20.0 Å². The second-order valence-corrected chi connectivity index (χ2v) is 12.5. The van der Waals surface area contributed by atoms with Crippen molar-refractivity contribution in [3.8, 4) is 0 Å². The minimum Gasteiger partial charge on any atom is -0.370 e. The van der Waals surface area contributed by atoms with Crippen LogP contribution in [0.2, 0.25) is 0 Å². The van der Waals surface area contributed by atoms with Crippen molar-refractivity contribution in [3.05, 3.63) is 36.4 Å². The average Bonchev–Trinajstić information content (AvgIpc) is 3.14. The largest absolute Gasteiger partial charge is 0.370 e. The molecule has 0 bridgehead atoms. The molecule has 154 valence electrons. The number of hydrogen-bond donors (Lipinski definition) is 1. The second-order valence-electron chi connectivity index (χ2n) is 7.15. The normalized spacial score (nSPS) is 16.5. The number of rotatable bonds is 6. The number of benzene rings is 1. The fraction of sp³-hybridized carbons (Fsp3) is 0.444. The summed E-state index contributed by atoms with van der Waals surface area (Å²) in [6.45, 7) is 3.98. The highest BCUT2D eigenvalue weighted by molar-refractivity contribution is 7.96. The molecule has 2 heterocycles. The van der Waals surface area contributed by atoms with Crippen LogP contribution in [0.4, 0.5) is 11.4 Å². The molecule has 0 radical (unpaired) electrons. The van der Waals surface area contributed by atoms with Gasteiger partial charge in [-0.2, -0.15) is 0 Å². The van der Waals surface area contributed by atoms with Gasteiger partial charge in [0.1, 0.15) is 8.42 Å². The summed E-state index contributed by atoms with van der Waals surface area (Å²) < 4.78 is 53.9. The number of nitrogens with one attached hydrogen (secondary N) is 1. The summed E-state index contributed by atoms with van der Waals surface area (Å²) >= 11 is 0.742. The van der Waals surface area contributed by atoms with Gasteiger partial charge in [0.05, 0.1) is 11.4 Å². The Morgan fingerprint density at radius 1 is 1.00 bits per heavy atom. The molecule has 0 amide bonds. The van der Waals surface area contributed by atoms with Crippen molar-refractivity contribution in [1.29, 1.82) is 0 Å². The SMILES string of the molecule is CC1CCN(c2ccccc2NS(=O)(=O)c2ccc(S(=O)(=O)N(C)C)s2)CC1. The minimum absolute atomic E-state index is 0.00354. The Hall–Kier alpha value is -1.62. The summed E-state index contributed by atoms with van der Waals surface area (Å²) in [6.07, 6.45) is 2.13. The predicted molar refractivity (Wildman–Crippen MR) is 113 cm³/mol. The van der Waals surface area contributed by atoms with E-state index in [1.165, 1.54) is 26.2 Å². The zero-order chi connectivity index (χ0) is 20.5. The third kappa shape index (κ3) is 4.35. The molecule has 28 heavy (non-hydrogen) atoms. The zero-order valence-corrected chi connectivity index (χ0v) is 18.6. The Bertz CT molecular complexity index is 1040. The molecule has 1 saturated heterocycles. The van der Waals surface area contributed by atoms with E-state index in [1.807, 2.05) is 12.1 Å². The van der Waals surface area contributed by atoms with Gasteiger partial charge < -0.3 is 4.90 Å². The summed E-state index contributed by atoms with van der Waals surface area (Å²) in [5, 5.41) is 0. The molecule has 0 spiro atoms. The number of nitrogens with zero attached hydrogens (tertiary/aromatic N) is 2. The lowest BCUT2D eigenvalue weighted by Gasteiger charge is -2.33. The maximum absolute atomic E-state index is 12.9. The van der Waals surface area contributed by atoms with Gasteiger partial charge in [0.2, 0.25) is 0 Å². The summed E-state index contributed by atoms with van der Waals surface area (Å²) in [7, 11) is -4.73. The van der Waals surface area contributed by atoms with E-state index in [9.17, 15) is 16.8 Å². The van der Waals surface area contributed by atoms with Crippen molar-refractivity contribution in [3.63, 3.8) is 0 Å². The molecular formula is C18H25N3O4S3. The van der Waals surface area contributed by atoms with Crippen LogP contribution < -0.4 is 9.62 Å². The van der Waals surface area contributed by atoms with E-state index in [1.54, 1.807) is 12.1 Å². The van der Waals surface area contributed by atoms with Crippen LogP contribution in [0, 0.1) is 5.92 Å². The molecule has 1 aliphatic heterocycles. The Morgan fingerprint density at radius 3 is 2.25 bits per heavy atom. The van der Waals surface area contributed by atoms with Crippen molar-refractivity contribution >= 4 is 42.8 Å². The molecule has 1 N–H and O–H groups in total. The van der Waals surface area contributed by atoms with Gasteiger partial charge in [0.25, 0.3) is 20.0 Å². The first-order chi connectivity index (χ1) is 13.1. The molecular weight excluding hydrogens is 418 g/mol. The van der Waals surface area contributed by atoms with Crippen LogP contribution in [-0.4, -0.2) is 48.3 Å². The lowest BCUT2D eigenvalue weighted by atomic mass is 9.98. The lowest BCUT2D eigenvalue weighted by Crippen LogP contribution is -2.33.